The zero-order chi connectivity index (χ0) is 9.52. The molecule has 0 unspecified atom stereocenters. The van der Waals surface area contributed by atoms with Gasteiger partial charge in [0, 0.05) is 7.05 Å². The molecule has 0 aliphatic rings. The van der Waals surface area contributed by atoms with E-state index in [1.54, 1.807) is 25.6 Å². The fourth-order valence-corrected chi connectivity index (χ4v) is 3.39. The van der Waals surface area contributed by atoms with Gasteiger partial charge in [0.05, 0.1) is 26.2 Å². The van der Waals surface area contributed by atoms with Crippen LogP contribution in [0.5, 0.6) is 0 Å². The van der Waals surface area contributed by atoms with Crippen LogP contribution in [-0.4, -0.2) is 18.2 Å². The molecule has 0 aliphatic heterocycles. The molecule has 0 amide bonds. The fourth-order valence-electron chi connectivity index (χ4n) is 1.11. The molecule has 0 spiro atoms. The predicted octanol–water partition coefficient (Wildman–Crippen LogP) is 1.12. The predicted molar refractivity (Wildman–Crippen MR) is 48.8 cm³/mol. The van der Waals surface area contributed by atoms with E-state index in [0.29, 0.717) is 11.4 Å². The van der Waals surface area contributed by atoms with E-state index in [1.165, 1.54) is 0 Å². The van der Waals surface area contributed by atoms with Crippen molar-refractivity contribution >= 4 is 23.1 Å². The first kappa shape index (κ1) is 9.73. The molecular weight excluding hydrogens is 244 g/mol. The maximum absolute atomic E-state index is 11.2. The van der Waals surface area contributed by atoms with Crippen molar-refractivity contribution in [2.75, 3.05) is 0 Å². The molecule has 0 saturated carbocycles. The fraction of sp³-hybridized carbons (Fsp3) is 0.500. The minimum absolute atomic E-state index is 0.269. The lowest BCUT2D eigenvalue weighted by Gasteiger charge is -1.95. The van der Waals surface area contributed by atoms with Crippen LogP contribution in [-0.2, 0) is 15.3 Å². The summed E-state index contributed by atoms with van der Waals surface area (Å²) in [5, 5.41) is 3.98. The third kappa shape index (κ3) is 1.54. The average molecular weight is 253 g/mol. The summed E-state index contributed by atoms with van der Waals surface area (Å²) in [4.78, 5) is 0.269. The number of aryl methyl sites for hydroxylation is 2. The summed E-state index contributed by atoms with van der Waals surface area (Å²) in [6, 6.07) is 0. The van der Waals surface area contributed by atoms with Gasteiger partial charge in [-0.2, -0.15) is 5.10 Å². The first-order chi connectivity index (χ1) is 5.34. The lowest BCUT2D eigenvalue weighted by Crippen LogP contribution is -1.96. The molecule has 0 atom stereocenters. The number of hydrogen-bond donors (Lipinski definition) is 0. The van der Waals surface area contributed by atoms with Crippen molar-refractivity contribution < 1.29 is 8.42 Å². The minimum Gasteiger partial charge on any atom is -0.271 e. The molecule has 1 heterocycles. The maximum Gasteiger partial charge on any atom is 0.241 e. The summed E-state index contributed by atoms with van der Waals surface area (Å²) in [6.07, 6.45) is 0. The standard InChI is InChI=1S/C6H9BrN2O2S/c1-4-6(12(7,10)11)5(2)9(3)8-4/h1-3H3. The van der Waals surface area contributed by atoms with Gasteiger partial charge in [0.2, 0.25) is 8.27 Å². The van der Waals surface area contributed by atoms with Crippen molar-refractivity contribution in [3.63, 3.8) is 0 Å². The summed E-state index contributed by atoms with van der Waals surface area (Å²) < 4.78 is 23.8. The van der Waals surface area contributed by atoms with Crippen LogP contribution in [0.2, 0.25) is 0 Å². The Hall–Kier alpha value is -0.360. The molecule has 1 rings (SSSR count). The van der Waals surface area contributed by atoms with Crippen molar-refractivity contribution in [3.05, 3.63) is 11.4 Å². The van der Waals surface area contributed by atoms with Gasteiger partial charge in [0.15, 0.2) is 0 Å². The Balaban J connectivity index is 3.54. The molecule has 68 valence electrons. The summed E-state index contributed by atoms with van der Waals surface area (Å²) in [5.41, 5.74) is 1.16. The second-order valence-corrected chi connectivity index (χ2v) is 6.40. The molecule has 0 fully saturated rings. The van der Waals surface area contributed by atoms with E-state index in [1.807, 2.05) is 0 Å². The molecular formula is C6H9BrN2O2S. The molecule has 1 aromatic rings. The highest BCUT2D eigenvalue weighted by atomic mass is 79.9. The minimum atomic E-state index is -3.31. The monoisotopic (exact) mass is 252 g/mol. The van der Waals surface area contributed by atoms with Gasteiger partial charge < -0.3 is 0 Å². The van der Waals surface area contributed by atoms with Crippen molar-refractivity contribution in [3.8, 4) is 0 Å². The first-order valence-corrected chi connectivity index (χ1v) is 6.61. The Bertz CT molecular complexity index is 407. The molecule has 0 saturated heterocycles. The zero-order valence-corrected chi connectivity index (χ0v) is 9.40. The Morgan fingerprint density at radius 2 is 1.92 bits per heavy atom. The van der Waals surface area contributed by atoms with Crippen LogP contribution in [0.25, 0.3) is 0 Å². The van der Waals surface area contributed by atoms with E-state index in [2.05, 4.69) is 19.9 Å². The lowest BCUT2D eigenvalue weighted by molar-refractivity contribution is 0.610. The molecule has 4 nitrogen and oxygen atoms in total. The summed E-state index contributed by atoms with van der Waals surface area (Å²) in [6.45, 7) is 3.38. The highest BCUT2D eigenvalue weighted by Crippen LogP contribution is 2.23. The topological polar surface area (TPSA) is 52.0 Å². The molecule has 0 aliphatic carbocycles. The zero-order valence-electron chi connectivity index (χ0n) is 7.00. The van der Waals surface area contributed by atoms with Crippen LogP contribution in [0, 0.1) is 13.8 Å². The van der Waals surface area contributed by atoms with Crippen LogP contribution in [0.1, 0.15) is 11.4 Å². The third-order valence-electron chi connectivity index (χ3n) is 1.69. The number of nitrogens with zero attached hydrogens (tertiary/aromatic N) is 2. The normalized spacial score (nSPS) is 12.0. The van der Waals surface area contributed by atoms with Gasteiger partial charge >= 0.3 is 0 Å². The van der Waals surface area contributed by atoms with Gasteiger partial charge in [-0.3, -0.25) is 4.68 Å². The Kier molecular flexibility index (Phi) is 2.31. The second-order valence-electron chi connectivity index (χ2n) is 2.56. The highest BCUT2D eigenvalue weighted by Gasteiger charge is 2.20. The molecule has 0 aromatic carbocycles. The quantitative estimate of drug-likeness (QED) is 0.705. The molecule has 0 radical (unpaired) electrons. The first-order valence-electron chi connectivity index (χ1n) is 3.29. The largest absolute Gasteiger partial charge is 0.271 e. The van der Waals surface area contributed by atoms with Crippen molar-refractivity contribution in [1.82, 2.24) is 9.78 Å². The van der Waals surface area contributed by atoms with E-state index in [0.717, 1.165) is 0 Å². The average Bonchev–Trinajstić information content (AvgIpc) is 2.05. The number of halogens is 1. The van der Waals surface area contributed by atoms with Gasteiger partial charge in [0.25, 0.3) is 0 Å². The van der Waals surface area contributed by atoms with E-state index < -0.39 is 8.27 Å². The molecule has 6 heteroatoms. The Morgan fingerprint density at radius 3 is 2.08 bits per heavy atom. The van der Waals surface area contributed by atoms with E-state index in [-0.39, 0.29) is 4.90 Å². The van der Waals surface area contributed by atoms with Crippen molar-refractivity contribution in [2.24, 2.45) is 7.05 Å². The van der Waals surface area contributed by atoms with Gasteiger partial charge in [-0.25, -0.2) is 8.42 Å². The van der Waals surface area contributed by atoms with Crippen LogP contribution < -0.4 is 0 Å². The van der Waals surface area contributed by atoms with Crippen molar-refractivity contribution in [1.29, 1.82) is 0 Å². The van der Waals surface area contributed by atoms with Gasteiger partial charge in [-0.1, -0.05) is 0 Å². The number of hydrogen-bond acceptors (Lipinski definition) is 3. The van der Waals surface area contributed by atoms with Crippen LogP contribution in [0.15, 0.2) is 4.90 Å². The summed E-state index contributed by atoms with van der Waals surface area (Å²) >= 11 is 2.62. The number of rotatable bonds is 1. The van der Waals surface area contributed by atoms with Gasteiger partial charge in [-0.05, 0) is 13.8 Å². The summed E-state index contributed by atoms with van der Waals surface area (Å²) in [5.74, 6) is 0. The molecule has 0 N–H and O–H groups in total. The van der Waals surface area contributed by atoms with Crippen LogP contribution in [0.3, 0.4) is 0 Å². The third-order valence-corrected chi connectivity index (χ3v) is 3.74. The summed E-state index contributed by atoms with van der Waals surface area (Å²) in [7, 11) is -1.60. The SMILES string of the molecule is Cc1nn(C)c(C)c1S(=O)(=O)Br. The van der Waals surface area contributed by atoms with E-state index in [4.69, 9.17) is 0 Å². The van der Waals surface area contributed by atoms with Gasteiger partial charge in [-0.15, -0.1) is 0 Å². The van der Waals surface area contributed by atoms with E-state index >= 15 is 0 Å². The van der Waals surface area contributed by atoms with E-state index in [9.17, 15) is 8.42 Å². The lowest BCUT2D eigenvalue weighted by atomic mass is 10.4. The Labute approximate surface area is 78.7 Å². The maximum atomic E-state index is 11.2. The molecule has 1 aromatic heterocycles. The Morgan fingerprint density at radius 1 is 1.42 bits per heavy atom. The molecule has 0 bridgehead atoms. The second kappa shape index (κ2) is 2.85. The smallest absolute Gasteiger partial charge is 0.241 e. The van der Waals surface area contributed by atoms with Crippen molar-refractivity contribution in [2.45, 2.75) is 18.7 Å². The van der Waals surface area contributed by atoms with Gasteiger partial charge in [0.1, 0.15) is 4.90 Å². The van der Waals surface area contributed by atoms with Crippen LogP contribution >= 0.6 is 14.8 Å². The molecule has 12 heavy (non-hydrogen) atoms. The highest BCUT2D eigenvalue weighted by molar-refractivity contribution is 9.47. The number of aromatic nitrogens is 2. The van der Waals surface area contributed by atoms with Crippen LogP contribution in [0.4, 0.5) is 0 Å².